The maximum Gasteiger partial charge on any atom is 0.185 e. The van der Waals surface area contributed by atoms with E-state index in [1.54, 1.807) is 37.5 Å². The van der Waals surface area contributed by atoms with Gasteiger partial charge in [-0.25, -0.2) is 0 Å². The summed E-state index contributed by atoms with van der Waals surface area (Å²) in [6.45, 7) is 1.35. The van der Waals surface area contributed by atoms with Crippen LogP contribution in [0.4, 0.5) is 0 Å². The number of carbonyl (C=O) groups is 1. The largest absolute Gasteiger partial charge is 0.496 e. The number of rotatable bonds is 7. The van der Waals surface area contributed by atoms with Crippen molar-refractivity contribution in [1.29, 1.82) is 0 Å². The normalized spacial score (nSPS) is 12.6. The van der Waals surface area contributed by atoms with E-state index >= 15 is 0 Å². The number of ether oxygens (including phenoxy) is 4. The van der Waals surface area contributed by atoms with Gasteiger partial charge in [0, 0.05) is 11.1 Å². The van der Waals surface area contributed by atoms with Crippen LogP contribution in [0, 0.1) is 0 Å². The lowest BCUT2D eigenvalue weighted by Crippen LogP contribution is -2.15. The topological polar surface area (TPSA) is 54.0 Å². The Bertz CT molecular complexity index is 1370. The van der Waals surface area contributed by atoms with Crippen LogP contribution in [0.15, 0.2) is 84.9 Å². The van der Waals surface area contributed by atoms with Gasteiger partial charge in [-0.1, -0.05) is 42.5 Å². The third kappa shape index (κ3) is 4.74. The summed E-state index contributed by atoms with van der Waals surface area (Å²) in [7, 11) is 1.63. The Labute approximate surface area is 198 Å². The summed E-state index contributed by atoms with van der Waals surface area (Å²) in [5.41, 5.74) is 2.32. The molecule has 0 aliphatic carbocycles. The Morgan fingerprint density at radius 2 is 1.71 bits per heavy atom. The monoisotopic (exact) mass is 452 g/mol. The first-order chi connectivity index (χ1) is 16.7. The summed E-state index contributed by atoms with van der Waals surface area (Å²) < 4.78 is 22.7. The number of hydrogen-bond acceptors (Lipinski definition) is 5. The SMILES string of the molecule is COc1ccc(/C=C/C(=O)c2ccc3c(c2)OCCO3)cc1COc1ccc2ccccc2c1. The lowest BCUT2D eigenvalue weighted by atomic mass is 10.1. The highest BCUT2D eigenvalue weighted by Gasteiger charge is 2.14. The molecule has 0 bridgehead atoms. The molecule has 170 valence electrons. The minimum absolute atomic E-state index is 0.109. The number of carbonyl (C=O) groups excluding carboxylic acids is 1. The minimum atomic E-state index is -0.109. The Morgan fingerprint density at radius 3 is 2.56 bits per heavy atom. The Kier molecular flexibility index (Phi) is 6.17. The molecule has 0 radical (unpaired) electrons. The van der Waals surface area contributed by atoms with E-state index in [-0.39, 0.29) is 5.78 Å². The fourth-order valence-electron chi connectivity index (χ4n) is 3.90. The quantitative estimate of drug-likeness (QED) is 0.251. The molecule has 0 saturated heterocycles. The van der Waals surface area contributed by atoms with Crippen LogP contribution in [0.2, 0.25) is 0 Å². The molecule has 4 aromatic carbocycles. The van der Waals surface area contributed by atoms with Crippen molar-refractivity contribution >= 4 is 22.6 Å². The molecular formula is C29H24O5. The van der Waals surface area contributed by atoms with Crippen molar-refractivity contribution in [1.82, 2.24) is 0 Å². The Morgan fingerprint density at radius 1 is 0.882 bits per heavy atom. The second kappa shape index (κ2) is 9.71. The van der Waals surface area contributed by atoms with Crippen LogP contribution in [0.25, 0.3) is 16.8 Å². The Hall–Kier alpha value is -4.25. The minimum Gasteiger partial charge on any atom is -0.496 e. The van der Waals surface area contributed by atoms with Gasteiger partial charge in [0.1, 0.15) is 31.3 Å². The second-order valence-corrected chi connectivity index (χ2v) is 7.92. The first kappa shape index (κ1) is 21.6. The highest BCUT2D eigenvalue weighted by atomic mass is 16.6. The molecule has 1 heterocycles. The van der Waals surface area contributed by atoms with Gasteiger partial charge in [-0.05, 0) is 64.9 Å². The highest BCUT2D eigenvalue weighted by Crippen LogP contribution is 2.31. The molecule has 0 unspecified atom stereocenters. The van der Waals surface area contributed by atoms with Gasteiger partial charge in [0.2, 0.25) is 0 Å². The van der Waals surface area contributed by atoms with E-state index in [9.17, 15) is 4.79 Å². The zero-order valence-electron chi connectivity index (χ0n) is 18.8. The molecule has 0 aromatic heterocycles. The van der Waals surface area contributed by atoms with Gasteiger partial charge in [-0.3, -0.25) is 4.79 Å². The van der Waals surface area contributed by atoms with Crippen LogP contribution in [-0.2, 0) is 6.61 Å². The molecule has 0 saturated carbocycles. The fraction of sp³-hybridized carbons (Fsp3) is 0.138. The first-order valence-corrected chi connectivity index (χ1v) is 11.1. The van der Waals surface area contributed by atoms with E-state index in [0.717, 1.165) is 28.0 Å². The van der Waals surface area contributed by atoms with Crippen LogP contribution in [0.1, 0.15) is 21.5 Å². The van der Waals surface area contributed by atoms with E-state index in [1.165, 1.54) is 5.39 Å². The van der Waals surface area contributed by atoms with Crippen molar-refractivity contribution in [2.45, 2.75) is 6.61 Å². The molecule has 0 spiro atoms. The lowest BCUT2D eigenvalue weighted by molar-refractivity contribution is 0.104. The van der Waals surface area contributed by atoms with E-state index in [0.29, 0.717) is 36.9 Å². The molecule has 5 rings (SSSR count). The van der Waals surface area contributed by atoms with E-state index in [1.807, 2.05) is 48.5 Å². The average molecular weight is 453 g/mol. The zero-order chi connectivity index (χ0) is 23.3. The van der Waals surface area contributed by atoms with Crippen molar-refractivity contribution < 1.29 is 23.7 Å². The standard InChI is InChI=1S/C29H24O5/c1-31-27-12-7-20(6-11-26(30)23-9-13-28-29(18-23)33-15-14-32-28)16-24(27)19-34-25-10-8-21-4-2-3-5-22(21)17-25/h2-13,16-18H,14-15,19H2,1H3/b11-6+. The molecule has 4 aromatic rings. The van der Waals surface area contributed by atoms with E-state index in [4.69, 9.17) is 18.9 Å². The van der Waals surface area contributed by atoms with Gasteiger partial charge >= 0.3 is 0 Å². The van der Waals surface area contributed by atoms with E-state index < -0.39 is 0 Å². The fourth-order valence-corrected chi connectivity index (χ4v) is 3.90. The summed E-state index contributed by atoms with van der Waals surface area (Å²) in [5.74, 6) is 2.68. The summed E-state index contributed by atoms with van der Waals surface area (Å²) in [6.07, 6.45) is 3.35. The predicted octanol–water partition coefficient (Wildman–Crippen LogP) is 6.09. The molecule has 5 heteroatoms. The molecule has 0 N–H and O–H groups in total. The van der Waals surface area contributed by atoms with Crippen molar-refractivity contribution in [2.75, 3.05) is 20.3 Å². The molecule has 5 nitrogen and oxygen atoms in total. The Balaban J connectivity index is 1.31. The summed E-state index contributed by atoms with van der Waals surface area (Å²) in [6, 6.07) is 25.2. The summed E-state index contributed by atoms with van der Waals surface area (Å²) >= 11 is 0. The number of ketones is 1. The van der Waals surface area contributed by atoms with Crippen LogP contribution >= 0.6 is 0 Å². The van der Waals surface area contributed by atoms with Crippen molar-refractivity contribution in [3.63, 3.8) is 0 Å². The van der Waals surface area contributed by atoms with Crippen LogP contribution in [-0.4, -0.2) is 26.1 Å². The van der Waals surface area contributed by atoms with E-state index in [2.05, 4.69) is 12.1 Å². The number of hydrogen-bond donors (Lipinski definition) is 0. The average Bonchev–Trinajstić information content (AvgIpc) is 2.90. The number of benzene rings is 4. The maximum atomic E-state index is 12.7. The molecule has 1 aliphatic rings. The molecule has 34 heavy (non-hydrogen) atoms. The maximum absolute atomic E-state index is 12.7. The molecule has 0 atom stereocenters. The second-order valence-electron chi connectivity index (χ2n) is 7.92. The van der Waals surface area contributed by atoms with Gasteiger partial charge in [0.05, 0.1) is 7.11 Å². The highest BCUT2D eigenvalue weighted by molar-refractivity contribution is 6.07. The van der Waals surface area contributed by atoms with Crippen molar-refractivity contribution in [3.8, 4) is 23.0 Å². The van der Waals surface area contributed by atoms with Gasteiger partial charge in [-0.2, -0.15) is 0 Å². The smallest absolute Gasteiger partial charge is 0.185 e. The zero-order valence-corrected chi connectivity index (χ0v) is 18.8. The van der Waals surface area contributed by atoms with Gasteiger partial charge < -0.3 is 18.9 Å². The predicted molar refractivity (Wildman–Crippen MR) is 132 cm³/mol. The molecular weight excluding hydrogens is 428 g/mol. The van der Waals surface area contributed by atoms with Crippen LogP contribution in [0.3, 0.4) is 0 Å². The van der Waals surface area contributed by atoms with Crippen LogP contribution < -0.4 is 18.9 Å². The van der Waals surface area contributed by atoms with Crippen molar-refractivity contribution in [2.24, 2.45) is 0 Å². The van der Waals surface area contributed by atoms with Gasteiger partial charge in [-0.15, -0.1) is 0 Å². The summed E-state index contributed by atoms with van der Waals surface area (Å²) in [5, 5.41) is 2.29. The van der Waals surface area contributed by atoms with Gasteiger partial charge in [0.15, 0.2) is 17.3 Å². The molecule has 1 aliphatic heterocycles. The first-order valence-electron chi connectivity index (χ1n) is 11.1. The number of fused-ring (bicyclic) bond motifs is 2. The number of allylic oxidation sites excluding steroid dienone is 1. The molecule has 0 amide bonds. The number of methoxy groups -OCH3 is 1. The lowest BCUT2D eigenvalue weighted by Gasteiger charge is -2.18. The third-order valence-electron chi connectivity index (χ3n) is 5.67. The third-order valence-corrected chi connectivity index (χ3v) is 5.67. The van der Waals surface area contributed by atoms with Crippen molar-refractivity contribution in [3.05, 3.63) is 102 Å². The van der Waals surface area contributed by atoms with Crippen LogP contribution in [0.5, 0.6) is 23.0 Å². The molecule has 0 fully saturated rings. The summed E-state index contributed by atoms with van der Waals surface area (Å²) in [4.78, 5) is 12.7. The van der Waals surface area contributed by atoms with Gasteiger partial charge in [0.25, 0.3) is 0 Å².